The number of hydrogen-bond acceptors (Lipinski definition) is 2. The first kappa shape index (κ1) is 13.4. The molecule has 1 N–H and O–H groups in total. The van der Waals surface area contributed by atoms with Gasteiger partial charge in [-0.2, -0.15) is 0 Å². The molecule has 2 rings (SSSR count). The maximum atomic E-state index is 9.28. The molecule has 0 radical (unpaired) electrons. The molecule has 0 aliphatic heterocycles. The van der Waals surface area contributed by atoms with Gasteiger partial charge in [0, 0.05) is 20.6 Å². The van der Waals surface area contributed by atoms with E-state index in [1.165, 1.54) is 0 Å². The van der Waals surface area contributed by atoms with Crippen LogP contribution in [0.4, 0.5) is 0 Å². The molecule has 0 aliphatic carbocycles. The Bertz CT molecular complexity index is 543. The summed E-state index contributed by atoms with van der Waals surface area (Å²) in [6.45, 7) is 0.291. The quantitative estimate of drug-likeness (QED) is 0.913. The zero-order valence-corrected chi connectivity index (χ0v) is 11.9. The van der Waals surface area contributed by atoms with Crippen LogP contribution in [0.2, 0.25) is 5.02 Å². The molecule has 0 atom stereocenters. The topological polar surface area (TPSA) is 29.5 Å². The number of aliphatic hydroxyl groups is 1. The number of aliphatic hydroxyl groups excluding tert-OH is 1. The lowest BCUT2D eigenvalue weighted by Crippen LogP contribution is -1.99. The Morgan fingerprint density at radius 1 is 1.11 bits per heavy atom. The number of benzene rings is 2. The van der Waals surface area contributed by atoms with E-state index in [4.69, 9.17) is 16.3 Å². The van der Waals surface area contributed by atoms with E-state index in [-0.39, 0.29) is 6.61 Å². The van der Waals surface area contributed by atoms with Gasteiger partial charge >= 0.3 is 0 Å². The first-order valence-electron chi connectivity index (χ1n) is 5.47. The van der Waals surface area contributed by atoms with Gasteiger partial charge in [0.05, 0.1) is 6.61 Å². The molecule has 2 nitrogen and oxygen atoms in total. The first-order valence-corrected chi connectivity index (χ1v) is 6.64. The highest BCUT2D eigenvalue weighted by Crippen LogP contribution is 2.27. The minimum absolute atomic E-state index is 0.134. The lowest BCUT2D eigenvalue weighted by Gasteiger charge is -2.12. The molecule has 0 unspecified atom stereocenters. The molecule has 0 aliphatic rings. The molecular weight excluding hydrogens is 316 g/mol. The number of halogens is 2. The third-order valence-electron chi connectivity index (χ3n) is 2.57. The van der Waals surface area contributed by atoms with E-state index in [0.29, 0.717) is 22.9 Å². The van der Waals surface area contributed by atoms with Crippen molar-refractivity contribution in [1.82, 2.24) is 0 Å². The largest absolute Gasteiger partial charge is 0.488 e. The van der Waals surface area contributed by atoms with Crippen LogP contribution in [-0.4, -0.2) is 5.11 Å². The molecule has 4 heteroatoms. The van der Waals surface area contributed by atoms with Crippen molar-refractivity contribution in [3.8, 4) is 5.75 Å². The summed E-state index contributed by atoms with van der Waals surface area (Å²) in [5, 5.41) is 9.79. The molecule has 18 heavy (non-hydrogen) atoms. The van der Waals surface area contributed by atoms with Crippen LogP contribution in [0.1, 0.15) is 11.1 Å². The van der Waals surface area contributed by atoms with E-state index in [0.717, 1.165) is 10.0 Å². The fourth-order valence-corrected chi connectivity index (χ4v) is 2.22. The number of ether oxygens (including phenoxy) is 1. The van der Waals surface area contributed by atoms with Crippen LogP contribution in [0.5, 0.6) is 5.75 Å². The summed E-state index contributed by atoms with van der Waals surface area (Å²) < 4.78 is 6.70. The van der Waals surface area contributed by atoms with Gasteiger partial charge in [0.1, 0.15) is 12.4 Å². The van der Waals surface area contributed by atoms with Gasteiger partial charge in [-0.3, -0.25) is 0 Å². The fraction of sp³-hybridized carbons (Fsp3) is 0.143. The molecule has 0 heterocycles. The molecule has 94 valence electrons. The zero-order valence-electron chi connectivity index (χ0n) is 9.57. The highest BCUT2D eigenvalue weighted by Gasteiger charge is 2.08. The van der Waals surface area contributed by atoms with Crippen molar-refractivity contribution in [2.75, 3.05) is 0 Å². The summed E-state index contributed by atoms with van der Waals surface area (Å²) in [7, 11) is 0. The van der Waals surface area contributed by atoms with Gasteiger partial charge in [0.15, 0.2) is 0 Å². The van der Waals surface area contributed by atoms with Crippen LogP contribution in [0.15, 0.2) is 46.9 Å². The lowest BCUT2D eigenvalue weighted by atomic mass is 10.2. The monoisotopic (exact) mass is 326 g/mol. The van der Waals surface area contributed by atoms with Crippen LogP contribution < -0.4 is 4.74 Å². The molecule has 0 saturated carbocycles. The second-order valence-electron chi connectivity index (χ2n) is 3.75. The second-order valence-corrected chi connectivity index (χ2v) is 5.02. The summed E-state index contributed by atoms with van der Waals surface area (Å²) in [5.41, 5.74) is 1.66. The second kappa shape index (κ2) is 6.23. The Labute approximate surface area is 119 Å². The van der Waals surface area contributed by atoms with Crippen LogP contribution >= 0.6 is 27.5 Å². The van der Waals surface area contributed by atoms with Crippen molar-refractivity contribution < 1.29 is 9.84 Å². The predicted molar refractivity (Wildman–Crippen MR) is 75.8 cm³/mol. The van der Waals surface area contributed by atoms with Crippen molar-refractivity contribution in [1.29, 1.82) is 0 Å². The third kappa shape index (κ3) is 3.05. The minimum atomic E-state index is -0.134. The minimum Gasteiger partial charge on any atom is -0.488 e. The van der Waals surface area contributed by atoms with E-state index < -0.39 is 0 Å². The van der Waals surface area contributed by atoms with Crippen molar-refractivity contribution in [2.24, 2.45) is 0 Å². The predicted octanol–water partition coefficient (Wildman–Crippen LogP) is 4.17. The van der Waals surface area contributed by atoms with E-state index in [2.05, 4.69) is 15.9 Å². The van der Waals surface area contributed by atoms with Gasteiger partial charge < -0.3 is 9.84 Å². The Morgan fingerprint density at radius 2 is 1.89 bits per heavy atom. The normalized spacial score (nSPS) is 10.4. The molecule has 0 bridgehead atoms. The summed E-state index contributed by atoms with van der Waals surface area (Å²) in [5.74, 6) is 0.612. The SMILES string of the molecule is OCc1c(Cl)cccc1OCc1ccccc1Br. The maximum absolute atomic E-state index is 9.28. The summed E-state index contributed by atoms with van der Waals surface area (Å²) >= 11 is 9.46. The molecule has 2 aromatic rings. The van der Waals surface area contributed by atoms with Crippen molar-refractivity contribution in [3.63, 3.8) is 0 Å². The number of rotatable bonds is 4. The van der Waals surface area contributed by atoms with Gasteiger partial charge in [0.25, 0.3) is 0 Å². The summed E-state index contributed by atoms with van der Waals surface area (Å²) in [6.07, 6.45) is 0. The maximum Gasteiger partial charge on any atom is 0.126 e. The van der Waals surface area contributed by atoms with Crippen LogP contribution in [0.25, 0.3) is 0 Å². The van der Waals surface area contributed by atoms with Crippen molar-refractivity contribution in [3.05, 3.63) is 63.1 Å². The van der Waals surface area contributed by atoms with Crippen molar-refractivity contribution >= 4 is 27.5 Å². The fourth-order valence-electron chi connectivity index (χ4n) is 1.60. The standard InChI is InChI=1S/C14H12BrClO2/c15-12-5-2-1-4-10(12)9-18-14-7-3-6-13(16)11(14)8-17/h1-7,17H,8-9H2. The van der Waals surface area contributed by atoms with E-state index in [1.54, 1.807) is 18.2 Å². The summed E-state index contributed by atoms with van der Waals surface area (Å²) in [4.78, 5) is 0. The highest BCUT2D eigenvalue weighted by molar-refractivity contribution is 9.10. The Kier molecular flexibility index (Phi) is 4.64. The van der Waals surface area contributed by atoms with Crippen LogP contribution in [0.3, 0.4) is 0 Å². The molecule has 2 aromatic carbocycles. The Balaban J connectivity index is 2.16. The van der Waals surface area contributed by atoms with Gasteiger partial charge in [-0.15, -0.1) is 0 Å². The Hall–Kier alpha value is -1.03. The molecule has 0 spiro atoms. The molecular formula is C14H12BrClO2. The lowest BCUT2D eigenvalue weighted by molar-refractivity contribution is 0.259. The van der Waals surface area contributed by atoms with Crippen LogP contribution in [-0.2, 0) is 13.2 Å². The van der Waals surface area contributed by atoms with E-state index in [1.807, 2.05) is 24.3 Å². The third-order valence-corrected chi connectivity index (χ3v) is 3.70. The first-order chi connectivity index (χ1) is 8.72. The van der Waals surface area contributed by atoms with E-state index >= 15 is 0 Å². The average molecular weight is 328 g/mol. The average Bonchev–Trinajstić information content (AvgIpc) is 2.38. The molecule has 0 amide bonds. The van der Waals surface area contributed by atoms with E-state index in [9.17, 15) is 5.11 Å². The summed E-state index contributed by atoms with van der Waals surface area (Å²) in [6, 6.07) is 13.2. The zero-order chi connectivity index (χ0) is 13.0. The molecule has 0 saturated heterocycles. The smallest absolute Gasteiger partial charge is 0.126 e. The van der Waals surface area contributed by atoms with Gasteiger partial charge in [-0.1, -0.05) is 51.8 Å². The molecule has 0 aromatic heterocycles. The van der Waals surface area contributed by atoms with Gasteiger partial charge in [0.2, 0.25) is 0 Å². The highest BCUT2D eigenvalue weighted by atomic mass is 79.9. The number of hydrogen-bond donors (Lipinski definition) is 1. The molecule has 0 fully saturated rings. The Morgan fingerprint density at radius 3 is 2.61 bits per heavy atom. The van der Waals surface area contributed by atoms with Crippen molar-refractivity contribution in [2.45, 2.75) is 13.2 Å². The van der Waals surface area contributed by atoms with Gasteiger partial charge in [-0.25, -0.2) is 0 Å². The van der Waals surface area contributed by atoms with Crippen LogP contribution in [0, 0.1) is 0 Å². The van der Waals surface area contributed by atoms with Gasteiger partial charge in [-0.05, 0) is 18.2 Å².